The molecule has 1 aromatic rings. The fourth-order valence-corrected chi connectivity index (χ4v) is 3.80. The summed E-state index contributed by atoms with van der Waals surface area (Å²) in [6.45, 7) is 4.41. The zero-order valence-corrected chi connectivity index (χ0v) is 13.6. The smallest absolute Gasteiger partial charge is 0.289 e. The minimum atomic E-state index is 0.0720. The molecule has 1 aliphatic heterocycles. The van der Waals surface area contributed by atoms with E-state index in [2.05, 4.69) is 29.4 Å². The lowest BCUT2D eigenvalue weighted by atomic mass is 9.89. The van der Waals surface area contributed by atoms with Gasteiger partial charge in [-0.1, -0.05) is 19.3 Å². The number of anilines is 1. The van der Waals surface area contributed by atoms with Crippen LogP contribution in [-0.2, 0) is 4.79 Å². The van der Waals surface area contributed by atoms with Crippen molar-refractivity contribution in [1.82, 2.24) is 5.27 Å². The van der Waals surface area contributed by atoms with E-state index in [1.807, 2.05) is 0 Å². The van der Waals surface area contributed by atoms with Crippen LogP contribution in [-0.4, -0.2) is 23.3 Å². The van der Waals surface area contributed by atoms with Gasteiger partial charge in [0.15, 0.2) is 0 Å². The van der Waals surface area contributed by atoms with Crippen molar-refractivity contribution >= 4 is 11.8 Å². The number of nitrogens with zero attached hydrogens (tertiary/aromatic N) is 3. The third-order valence-corrected chi connectivity index (χ3v) is 5.06. The number of aromatic nitrogens is 2. The van der Waals surface area contributed by atoms with Crippen LogP contribution in [0.25, 0.3) is 0 Å². The number of rotatable bonds is 3. The minimum absolute atomic E-state index is 0.0720. The Hall–Kier alpha value is -1.59. The number of nitrogens with one attached hydrogen (secondary N) is 1. The number of piperidine rings is 1. The van der Waals surface area contributed by atoms with E-state index >= 15 is 0 Å². The van der Waals surface area contributed by atoms with Crippen molar-refractivity contribution in [2.75, 3.05) is 10.3 Å². The van der Waals surface area contributed by atoms with Gasteiger partial charge in [-0.15, -0.1) is 5.01 Å². The van der Waals surface area contributed by atoms with E-state index in [0.29, 0.717) is 18.0 Å². The van der Waals surface area contributed by atoms with Crippen LogP contribution in [0.1, 0.15) is 65.2 Å². The maximum absolute atomic E-state index is 12.3. The van der Waals surface area contributed by atoms with E-state index < -0.39 is 0 Å². The molecule has 1 saturated carbocycles. The van der Waals surface area contributed by atoms with Gasteiger partial charge >= 0.3 is 5.88 Å². The van der Waals surface area contributed by atoms with Crippen LogP contribution in [0.15, 0.2) is 10.7 Å². The highest BCUT2D eigenvalue weighted by Crippen LogP contribution is 2.25. The van der Waals surface area contributed by atoms with E-state index in [-0.39, 0.29) is 11.8 Å². The molecule has 1 aliphatic carbocycles. The molecule has 2 atom stereocenters. The summed E-state index contributed by atoms with van der Waals surface area (Å²) in [5.74, 6) is 0.642. The summed E-state index contributed by atoms with van der Waals surface area (Å²) in [5.41, 5.74) is 0. The summed E-state index contributed by atoms with van der Waals surface area (Å²) in [6.07, 6.45) is 10.9. The average molecular weight is 307 g/mol. The molecule has 0 aromatic carbocycles. The van der Waals surface area contributed by atoms with Gasteiger partial charge in [0.1, 0.15) is 0 Å². The molecule has 122 valence electrons. The minimum Gasteiger partial charge on any atom is -0.289 e. The predicted octanol–water partition coefficient (Wildman–Crippen LogP) is 2.38. The van der Waals surface area contributed by atoms with Gasteiger partial charge in [-0.05, 0) is 46.0 Å². The number of carbonyl (C=O) groups excluding carboxylic acids is 1. The Morgan fingerprint density at radius 3 is 2.55 bits per heavy atom. The third kappa shape index (κ3) is 3.25. The van der Waals surface area contributed by atoms with Gasteiger partial charge in [0.2, 0.25) is 11.2 Å². The van der Waals surface area contributed by atoms with Crippen LogP contribution in [0.5, 0.6) is 0 Å². The Kier molecular flexibility index (Phi) is 4.64. The average Bonchev–Trinajstić information content (AvgIpc) is 2.96. The molecule has 2 unspecified atom stereocenters. The molecule has 1 amide bonds. The van der Waals surface area contributed by atoms with Gasteiger partial charge in [0, 0.05) is 5.92 Å². The van der Waals surface area contributed by atoms with Gasteiger partial charge in [0.05, 0.1) is 16.9 Å². The summed E-state index contributed by atoms with van der Waals surface area (Å²) in [5, 5.41) is 9.20. The van der Waals surface area contributed by atoms with Crippen LogP contribution in [0, 0.1) is 5.92 Å². The van der Waals surface area contributed by atoms with E-state index in [9.17, 15) is 4.79 Å². The Labute approximate surface area is 131 Å². The first-order valence-corrected chi connectivity index (χ1v) is 8.63. The van der Waals surface area contributed by atoms with Crippen LogP contribution in [0.4, 0.5) is 5.88 Å². The maximum atomic E-state index is 12.3. The van der Waals surface area contributed by atoms with E-state index in [4.69, 9.17) is 4.52 Å². The van der Waals surface area contributed by atoms with E-state index in [1.54, 1.807) is 11.0 Å². The van der Waals surface area contributed by atoms with Crippen LogP contribution in [0.3, 0.4) is 0 Å². The summed E-state index contributed by atoms with van der Waals surface area (Å²) in [4.78, 5) is 14.0. The molecular formula is C16H27N4O2+. The molecule has 6 nitrogen and oxygen atoms in total. The molecule has 6 heteroatoms. The number of hydrogen-bond donors (Lipinski definition) is 1. The van der Waals surface area contributed by atoms with Gasteiger partial charge in [0.25, 0.3) is 6.20 Å². The molecule has 1 aromatic heterocycles. The topological polar surface area (TPSA) is 62.2 Å². The van der Waals surface area contributed by atoms with E-state index in [1.165, 1.54) is 12.8 Å². The normalized spacial score (nSPS) is 26.9. The standard InChI is InChI=1S/C16H26N4O2/c1-12-7-6-8-13(2)20(12)19-11-15(22-18-19)17-16(21)14-9-4-3-5-10-14/h11-14H,3-10H2,1-2H3/p+1. The fraction of sp³-hybridized carbons (Fsp3) is 0.812. The van der Waals surface area contributed by atoms with Crippen LogP contribution in [0.2, 0.25) is 0 Å². The Morgan fingerprint density at radius 2 is 1.86 bits per heavy atom. The van der Waals surface area contributed by atoms with Gasteiger partial charge < -0.3 is 0 Å². The molecule has 0 bridgehead atoms. The van der Waals surface area contributed by atoms with Gasteiger partial charge in [-0.3, -0.25) is 14.6 Å². The summed E-state index contributed by atoms with van der Waals surface area (Å²) in [7, 11) is 0. The molecule has 2 heterocycles. The fourth-order valence-electron chi connectivity index (χ4n) is 3.80. The zero-order chi connectivity index (χ0) is 15.5. The first kappa shape index (κ1) is 15.3. The monoisotopic (exact) mass is 307 g/mol. The lowest BCUT2D eigenvalue weighted by molar-refractivity contribution is -0.765. The van der Waals surface area contributed by atoms with Crippen molar-refractivity contribution in [3.05, 3.63) is 6.20 Å². The predicted molar refractivity (Wildman–Crippen MR) is 82.9 cm³/mol. The number of carbonyl (C=O) groups is 1. The first-order valence-electron chi connectivity index (χ1n) is 8.63. The van der Waals surface area contributed by atoms with Crippen molar-refractivity contribution in [3.63, 3.8) is 0 Å². The lowest BCUT2D eigenvalue weighted by Crippen LogP contribution is -2.67. The van der Waals surface area contributed by atoms with Crippen molar-refractivity contribution in [2.24, 2.45) is 5.92 Å². The number of hydrogen-bond acceptors (Lipinski definition) is 4. The molecule has 1 N–H and O–H groups in total. The van der Waals surface area contributed by atoms with Crippen molar-refractivity contribution in [1.29, 1.82) is 0 Å². The molecular weight excluding hydrogens is 280 g/mol. The summed E-state index contributed by atoms with van der Waals surface area (Å²) < 4.78 is 5.32. The van der Waals surface area contributed by atoms with Gasteiger partial charge in [-0.25, -0.2) is 0 Å². The highest BCUT2D eigenvalue weighted by molar-refractivity contribution is 5.91. The Morgan fingerprint density at radius 1 is 1.18 bits per heavy atom. The molecule has 2 aliphatic rings. The van der Waals surface area contributed by atoms with E-state index in [0.717, 1.165) is 38.5 Å². The summed E-state index contributed by atoms with van der Waals surface area (Å²) >= 11 is 0. The second kappa shape index (κ2) is 6.67. The van der Waals surface area contributed by atoms with Crippen molar-refractivity contribution in [2.45, 2.75) is 77.3 Å². The first-order chi connectivity index (χ1) is 10.6. The highest BCUT2D eigenvalue weighted by atomic mass is 16.5. The largest absolute Gasteiger partial charge is 0.305 e. The highest BCUT2D eigenvalue weighted by Gasteiger charge is 2.34. The molecule has 0 spiro atoms. The maximum Gasteiger partial charge on any atom is 0.305 e. The van der Waals surface area contributed by atoms with Crippen molar-refractivity contribution < 1.29 is 14.1 Å². The molecule has 1 saturated heterocycles. The number of amides is 1. The Balaban J connectivity index is 1.64. The molecule has 22 heavy (non-hydrogen) atoms. The molecule has 2 fully saturated rings. The van der Waals surface area contributed by atoms with Crippen molar-refractivity contribution in [3.8, 4) is 0 Å². The SMILES string of the molecule is CC1CCCC(C)N1[n+]1cc(NC(=O)C2CCCCC2)on1. The van der Waals surface area contributed by atoms with Crippen LogP contribution >= 0.6 is 0 Å². The zero-order valence-electron chi connectivity index (χ0n) is 13.6. The van der Waals surface area contributed by atoms with Crippen LogP contribution < -0.4 is 15.1 Å². The second-order valence-corrected chi connectivity index (χ2v) is 6.82. The lowest BCUT2D eigenvalue weighted by Gasteiger charge is -2.31. The second-order valence-electron chi connectivity index (χ2n) is 6.82. The molecule has 0 radical (unpaired) electrons. The third-order valence-electron chi connectivity index (χ3n) is 5.06. The van der Waals surface area contributed by atoms with Gasteiger partial charge in [-0.2, -0.15) is 0 Å². The quantitative estimate of drug-likeness (QED) is 0.871. The Bertz CT molecular complexity index is 500. The summed E-state index contributed by atoms with van der Waals surface area (Å²) in [6, 6.07) is 0.862. The molecule has 3 rings (SSSR count).